The number of nitrogen functional groups attached to an aromatic ring is 1. The van der Waals surface area contributed by atoms with Gasteiger partial charge in [0.25, 0.3) is 5.69 Å². The van der Waals surface area contributed by atoms with Crippen molar-refractivity contribution < 1.29 is 14.5 Å². The van der Waals surface area contributed by atoms with Crippen LogP contribution in [0.4, 0.5) is 16.2 Å². The Morgan fingerprint density at radius 1 is 1.31 bits per heavy atom. The summed E-state index contributed by atoms with van der Waals surface area (Å²) in [6.45, 7) is 9.40. The fourth-order valence-corrected chi connectivity index (χ4v) is 3.52. The Bertz CT molecular complexity index is 655. The zero-order valence-corrected chi connectivity index (χ0v) is 16.3. The maximum atomic E-state index is 12.0. The average Bonchev–Trinajstić information content (AvgIpc) is 2.53. The number of anilines is 1. The van der Waals surface area contributed by atoms with E-state index in [-0.39, 0.29) is 17.5 Å². The Morgan fingerprint density at radius 3 is 2.50 bits per heavy atom. The summed E-state index contributed by atoms with van der Waals surface area (Å²) >= 11 is 1.61. The van der Waals surface area contributed by atoms with Crippen LogP contribution >= 0.6 is 11.8 Å². The molecule has 1 aliphatic rings. The third-order valence-corrected chi connectivity index (χ3v) is 4.87. The van der Waals surface area contributed by atoms with Gasteiger partial charge in [-0.1, -0.05) is 0 Å². The second-order valence-corrected chi connectivity index (χ2v) is 8.30. The molecule has 1 heterocycles. The van der Waals surface area contributed by atoms with Crippen molar-refractivity contribution in [3.05, 3.63) is 28.3 Å². The quantitative estimate of drug-likeness (QED) is 0.361. The molecule has 9 heteroatoms. The smallest absolute Gasteiger partial charge is 0.410 e. The fourth-order valence-electron chi connectivity index (χ4n) is 2.56. The summed E-state index contributed by atoms with van der Waals surface area (Å²) in [6, 6.07) is 4.81. The first kappa shape index (κ1) is 20.3. The number of amides is 1. The molecular formula is C17H26N4O4S. The number of carbonyl (C=O) groups is 1. The van der Waals surface area contributed by atoms with Crippen molar-refractivity contribution in [2.24, 2.45) is 0 Å². The van der Waals surface area contributed by atoms with Crippen molar-refractivity contribution in [2.75, 3.05) is 44.2 Å². The van der Waals surface area contributed by atoms with Crippen LogP contribution in [0.3, 0.4) is 0 Å². The predicted octanol–water partition coefficient (Wildman–Crippen LogP) is 2.82. The molecule has 8 nitrogen and oxygen atoms in total. The summed E-state index contributed by atoms with van der Waals surface area (Å²) < 4.78 is 5.39. The SMILES string of the molecule is CC(C)(C)OC(=O)N1CCN(CCSc2ccc([N+](=O)[O-])c(N)c2)CC1. The first-order chi connectivity index (χ1) is 12.2. The monoisotopic (exact) mass is 382 g/mol. The van der Waals surface area contributed by atoms with Gasteiger partial charge in [0.15, 0.2) is 0 Å². The number of ether oxygens (including phenoxy) is 1. The number of nitro benzene ring substituents is 1. The lowest BCUT2D eigenvalue weighted by Gasteiger charge is -2.35. The van der Waals surface area contributed by atoms with Gasteiger partial charge in [-0.25, -0.2) is 4.79 Å². The lowest BCUT2D eigenvalue weighted by Crippen LogP contribution is -2.50. The van der Waals surface area contributed by atoms with E-state index in [1.54, 1.807) is 28.8 Å². The first-order valence-electron chi connectivity index (χ1n) is 8.53. The molecular weight excluding hydrogens is 356 g/mol. The molecule has 0 atom stereocenters. The Balaban J connectivity index is 1.73. The van der Waals surface area contributed by atoms with E-state index in [9.17, 15) is 14.9 Å². The van der Waals surface area contributed by atoms with Crippen LogP contribution in [0.25, 0.3) is 0 Å². The number of hydrogen-bond acceptors (Lipinski definition) is 7. The van der Waals surface area contributed by atoms with Gasteiger partial charge in [-0.05, 0) is 32.9 Å². The molecule has 1 saturated heterocycles. The number of piperazine rings is 1. The zero-order chi connectivity index (χ0) is 19.3. The van der Waals surface area contributed by atoms with Crippen molar-refractivity contribution in [3.8, 4) is 0 Å². The van der Waals surface area contributed by atoms with Crippen molar-refractivity contribution in [3.63, 3.8) is 0 Å². The number of nitrogens with two attached hydrogens (primary N) is 1. The topological polar surface area (TPSA) is 102 Å². The van der Waals surface area contributed by atoms with Gasteiger partial charge in [0.2, 0.25) is 0 Å². The molecule has 0 aliphatic carbocycles. The zero-order valence-electron chi connectivity index (χ0n) is 15.4. The Kier molecular flexibility index (Phi) is 6.71. The van der Waals surface area contributed by atoms with Gasteiger partial charge < -0.3 is 15.4 Å². The van der Waals surface area contributed by atoms with Crippen molar-refractivity contribution in [1.29, 1.82) is 0 Å². The minimum atomic E-state index is -0.478. The Labute approximate surface area is 157 Å². The standard InChI is InChI=1S/C17H26N4O4S/c1-17(2,3)25-16(22)20-8-6-19(7-9-20)10-11-26-13-4-5-15(21(23)24)14(18)12-13/h4-5,12H,6-11,18H2,1-3H3. The highest BCUT2D eigenvalue weighted by Gasteiger charge is 2.25. The maximum absolute atomic E-state index is 12.0. The van der Waals surface area contributed by atoms with E-state index in [1.165, 1.54) is 6.07 Å². The molecule has 0 saturated carbocycles. The Hall–Kier alpha value is -2.00. The van der Waals surface area contributed by atoms with Gasteiger partial charge in [0.05, 0.1) is 4.92 Å². The minimum absolute atomic E-state index is 0.0624. The molecule has 0 spiro atoms. The number of thioether (sulfide) groups is 1. The summed E-state index contributed by atoms with van der Waals surface area (Å²) in [5, 5.41) is 10.8. The third kappa shape index (κ3) is 6.06. The molecule has 0 unspecified atom stereocenters. The highest BCUT2D eigenvalue weighted by atomic mass is 32.2. The molecule has 144 valence electrons. The Morgan fingerprint density at radius 2 is 1.96 bits per heavy atom. The molecule has 0 radical (unpaired) electrons. The molecule has 2 rings (SSSR count). The summed E-state index contributed by atoms with van der Waals surface area (Å²) in [7, 11) is 0. The van der Waals surface area contributed by atoms with Crippen LogP contribution in [0.5, 0.6) is 0 Å². The first-order valence-corrected chi connectivity index (χ1v) is 9.51. The van der Waals surface area contributed by atoms with Gasteiger partial charge >= 0.3 is 6.09 Å². The van der Waals surface area contributed by atoms with E-state index in [1.807, 2.05) is 20.8 Å². The molecule has 26 heavy (non-hydrogen) atoms. The average molecular weight is 382 g/mol. The second kappa shape index (κ2) is 8.59. The van der Waals surface area contributed by atoms with E-state index in [0.717, 1.165) is 30.3 Å². The van der Waals surface area contributed by atoms with E-state index in [2.05, 4.69) is 4.90 Å². The van der Waals surface area contributed by atoms with E-state index >= 15 is 0 Å². The minimum Gasteiger partial charge on any atom is -0.444 e. The molecule has 1 aromatic carbocycles. The van der Waals surface area contributed by atoms with Crippen LogP contribution in [0.15, 0.2) is 23.1 Å². The number of carbonyl (C=O) groups excluding carboxylic acids is 1. The highest BCUT2D eigenvalue weighted by molar-refractivity contribution is 7.99. The van der Waals surface area contributed by atoms with Gasteiger partial charge in [0, 0.05) is 49.4 Å². The summed E-state index contributed by atoms with van der Waals surface area (Å²) in [6.07, 6.45) is -0.257. The highest BCUT2D eigenvalue weighted by Crippen LogP contribution is 2.27. The van der Waals surface area contributed by atoms with Crippen molar-refractivity contribution in [1.82, 2.24) is 9.80 Å². The van der Waals surface area contributed by atoms with Crippen LogP contribution in [-0.4, -0.2) is 64.9 Å². The van der Waals surface area contributed by atoms with Gasteiger partial charge in [-0.15, -0.1) is 11.8 Å². The molecule has 0 aromatic heterocycles. The van der Waals surface area contributed by atoms with Crippen LogP contribution < -0.4 is 5.73 Å². The predicted molar refractivity (Wildman–Crippen MR) is 102 cm³/mol. The molecule has 1 aromatic rings. The lowest BCUT2D eigenvalue weighted by atomic mass is 10.2. The third-order valence-electron chi connectivity index (χ3n) is 3.90. The molecule has 1 amide bonds. The molecule has 1 fully saturated rings. The molecule has 2 N–H and O–H groups in total. The lowest BCUT2D eigenvalue weighted by molar-refractivity contribution is -0.383. The number of hydrogen-bond donors (Lipinski definition) is 1. The summed E-state index contributed by atoms with van der Waals surface area (Å²) in [5.74, 6) is 0.851. The number of benzene rings is 1. The normalized spacial score (nSPS) is 15.7. The molecule has 0 bridgehead atoms. The summed E-state index contributed by atoms with van der Waals surface area (Å²) in [5.41, 5.74) is 5.36. The molecule has 1 aliphatic heterocycles. The largest absolute Gasteiger partial charge is 0.444 e. The van der Waals surface area contributed by atoms with Crippen molar-refractivity contribution >= 4 is 29.2 Å². The van der Waals surface area contributed by atoms with Crippen LogP contribution in [0.1, 0.15) is 20.8 Å². The maximum Gasteiger partial charge on any atom is 0.410 e. The van der Waals surface area contributed by atoms with E-state index in [4.69, 9.17) is 10.5 Å². The van der Waals surface area contributed by atoms with Crippen LogP contribution in [0.2, 0.25) is 0 Å². The summed E-state index contributed by atoms with van der Waals surface area (Å²) in [4.78, 5) is 27.3. The van der Waals surface area contributed by atoms with Crippen molar-refractivity contribution in [2.45, 2.75) is 31.3 Å². The second-order valence-electron chi connectivity index (χ2n) is 7.14. The van der Waals surface area contributed by atoms with Gasteiger partial charge in [0.1, 0.15) is 11.3 Å². The number of nitrogens with zero attached hydrogens (tertiary/aromatic N) is 3. The van der Waals surface area contributed by atoms with Gasteiger partial charge in [-0.3, -0.25) is 15.0 Å². The number of nitro groups is 1. The van der Waals surface area contributed by atoms with Crippen LogP contribution in [0, 0.1) is 10.1 Å². The van der Waals surface area contributed by atoms with Gasteiger partial charge in [-0.2, -0.15) is 0 Å². The van der Waals surface area contributed by atoms with E-state index in [0.29, 0.717) is 13.1 Å². The fraction of sp³-hybridized carbons (Fsp3) is 0.588. The van der Waals surface area contributed by atoms with E-state index < -0.39 is 10.5 Å². The van der Waals surface area contributed by atoms with Crippen LogP contribution in [-0.2, 0) is 4.74 Å². The number of rotatable bonds is 5.